The van der Waals surface area contributed by atoms with Gasteiger partial charge in [0.05, 0.1) is 13.2 Å². The lowest BCUT2D eigenvalue weighted by atomic mass is 9.50. The second kappa shape index (κ2) is 3.25. The predicted octanol–water partition coefficient (Wildman–Crippen LogP) is 1.93. The van der Waals surface area contributed by atoms with Crippen molar-refractivity contribution in [1.82, 2.24) is 0 Å². The van der Waals surface area contributed by atoms with Gasteiger partial charge in [-0.1, -0.05) is 19.8 Å². The molecule has 1 aliphatic heterocycles. The van der Waals surface area contributed by atoms with Crippen molar-refractivity contribution in [3.63, 3.8) is 0 Å². The maximum Gasteiger partial charge on any atom is 0.0550 e. The Morgan fingerprint density at radius 3 is 2.15 bits per heavy atom. The lowest BCUT2D eigenvalue weighted by molar-refractivity contribution is -0.211. The van der Waals surface area contributed by atoms with Gasteiger partial charge in [-0.2, -0.15) is 0 Å². The van der Waals surface area contributed by atoms with Gasteiger partial charge in [0.15, 0.2) is 0 Å². The van der Waals surface area contributed by atoms with Crippen molar-refractivity contribution < 1.29 is 4.74 Å². The third-order valence-corrected chi connectivity index (χ3v) is 4.31. The van der Waals surface area contributed by atoms with Gasteiger partial charge >= 0.3 is 0 Å². The summed E-state index contributed by atoms with van der Waals surface area (Å²) >= 11 is 0. The summed E-state index contributed by atoms with van der Waals surface area (Å²) in [6.45, 7) is 5.08. The maximum atomic E-state index is 5.94. The third kappa shape index (κ3) is 1.15. The van der Waals surface area contributed by atoms with Crippen molar-refractivity contribution in [2.24, 2.45) is 16.6 Å². The maximum absolute atomic E-state index is 5.94. The summed E-state index contributed by atoms with van der Waals surface area (Å²) in [5, 5.41) is 0. The lowest BCUT2D eigenvalue weighted by Crippen LogP contribution is -2.61. The molecule has 0 spiro atoms. The molecule has 0 aromatic rings. The molecule has 2 fully saturated rings. The minimum atomic E-state index is 0.460. The fraction of sp³-hybridized carbons (Fsp3) is 1.00. The Kier molecular flexibility index (Phi) is 2.37. The second-order valence-corrected chi connectivity index (χ2v) is 4.86. The van der Waals surface area contributed by atoms with E-state index in [1.165, 1.54) is 32.1 Å². The monoisotopic (exact) mass is 183 g/mol. The Bertz CT molecular complexity index is 177. The molecule has 0 amide bonds. The van der Waals surface area contributed by atoms with Gasteiger partial charge in [0.1, 0.15) is 0 Å². The van der Waals surface area contributed by atoms with E-state index in [-0.39, 0.29) is 0 Å². The third-order valence-electron chi connectivity index (χ3n) is 4.31. The van der Waals surface area contributed by atoms with Crippen LogP contribution in [0.3, 0.4) is 0 Å². The number of rotatable bonds is 4. The summed E-state index contributed by atoms with van der Waals surface area (Å²) in [4.78, 5) is 0. The van der Waals surface area contributed by atoms with Gasteiger partial charge in [0.25, 0.3) is 0 Å². The van der Waals surface area contributed by atoms with E-state index in [4.69, 9.17) is 10.5 Å². The van der Waals surface area contributed by atoms with Gasteiger partial charge in [0.2, 0.25) is 0 Å². The molecule has 0 radical (unpaired) electrons. The summed E-state index contributed by atoms with van der Waals surface area (Å²) in [5.74, 6) is 0. The molecule has 1 aliphatic carbocycles. The predicted molar refractivity (Wildman–Crippen MR) is 53.5 cm³/mol. The first-order chi connectivity index (χ1) is 6.29. The molecule has 13 heavy (non-hydrogen) atoms. The van der Waals surface area contributed by atoms with Crippen LogP contribution >= 0.6 is 0 Å². The Morgan fingerprint density at radius 2 is 1.92 bits per heavy atom. The van der Waals surface area contributed by atoms with E-state index >= 15 is 0 Å². The molecule has 2 rings (SSSR count). The van der Waals surface area contributed by atoms with Gasteiger partial charge in [-0.3, -0.25) is 0 Å². The molecule has 2 aliphatic rings. The smallest absolute Gasteiger partial charge is 0.0550 e. The van der Waals surface area contributed by atoms with E-state index in [0.29, 0.717) is 10.8 Å². The molecule has 0 aromatic carbocycles. The first-order valence-corrected chi connectivity index (χ1v) is 5.56. The highest BCUT2D eigenvalue weighted by atomic mass is 16.5. The van der Waals surface area contributed by atoms with Gasteiger partial charge in [-0.05, 0) is 31.2 Å². The van der Waals surface area contributed by atoms with Crippen LogP contribution in [0.1, 0.15) is 39.0 Å². The summed E-state index contributed by atoms with van der Waals surface area (Å²) in [6.07, 6.45) is 6.64. The summed E-state index contributed by atoms with van der Waals surface area (Å²) < 4.78 is 5.42. The summed E-state index contributed by atoms with van der Waals surface area (Å²) in [6, 6.07) is 0. The van der Waals surface area contributed by atoms with E-state index in [0.717, 1.165) is 19.8 Å². The molecule has 1 saturated carbocycles. The van der Waals surface area contributed by atoms with E-state index in [2.05, 4.69) is 6.92 Å². The molecule has 76 valence electrons. The molecular formula is C11H21NO. The Labute approximate surface area is 80.8 Å². The van der Waals surface area contributed by atoms with Crippen molar-refractivity contribution in [3.05, 3.63) is 0 Å². The first-order valence-electron chi connectivity index (χ1n) is 5.56. The quantitative estimate of drug-likeness (QED) is 0.723. The largest absolute Gasteiger partial charge is 0.380 e. The van der Waals surface area contributed by atoms with Crippen LogP contribution in [0, 0.1) is 10.8 Å². The van der Waals surface area contributed by atoms with Gasteiger partial charge < -0.3 is 10.5 Å². The number of hydrogen-bond acceptors (Lipinski definition) is 2. The van der Waals surface area contributed by atoms with Crippen molar-refractivity contribution >= 4 is 0 Å². The van der Waals surface area contributed by atoms with E-state index in [9.17, 15) is 0 Å². The average molecular weight is 183 g/mol. The van der Waals surface area contributed by atoms with E-state index < -0.39 is 0 Å². The zero-order valence-electron chi connectivity index (χ0n) is 8.64. The first kappa shape index (κ1) is 9.47. The summed E-state index contributed by atoms with van der Waals surface area (Å²) in [5.41, 5.74) is 6.87. The molecule has 1 saturated heterocycles. The second-order valence-electron chi connectivity index (χ2n) is 4.86. The Hall–Kier alpha value is -0.0800. The van der Waals surface area contributed by atoms with Crippen LogP contribution in [0.2, 0.25) is 0 Å². The van der Waals surface area contributed by atoms with Crippen LogP contribution in [-0.2, 0) is 4.74 Å². The Balaban J connectivity index is 2.09. The highest BCUT2D eigenvalue weighted by molar-refractivity contribution is 5.06. The van der Waals surface area contributed by atoms with Crippen molar-refractivity contribution in [2.75, 3.05) is 19.8 Å². The zero-order valence-corrected chi connectivity index (χ0v) is 8.64. The van der Waals surface area contributed by atoms with Crippen molar-refractivity contribution in [2.45, 2.75) is 39.0 Å². The van der Waals surface area contributed by atoms with Crippen molar-refractivity contribution in [3.8, 4) is 0 Å². The topological polar surface area (TPSA) is 35.2 Å². The minimum absolute atomic E-state index is 0.460. The van der Waals surface area contributed by atoms with Crippen LogP contribution in [0.5, 0.6) is 0 Å². The standard InChI is InChI=1S/C11H21NO/c1-2-4-11(8-13-9-11)10(7-12)5-3-6-10/h2-9,12H2,1H3. The fourth-order valence-corrected chi connectivity index (χ4v) is 3.10. The lowest BCUT2D eigenvalue weighted by Gasteiger charge is -2.60. The molecule has 2 heteroatoms. The number of hydrogen-bond donors (Lipinski definition) is 1. The number of ether oxygens (including phenoxy) is 1. The minimum Gasteiger partial charge on any atom is -0.380 e. The van der Waals surface area contributed by atoms with E-state index in [1.54, 1.807) is 0 Å². The molecular weight excluding hydrogens is 162 g/mol. The van der Waals surface area contributed by atoms with Gasteiger partial charge in [-0.15, -0.1) is 0 Å². The molecule has 2 N–H and O–H groups in total. The van der Waals surface area contributed by atoms with Crippen LogP contribution in [0.4, 0.5) is 0 Å². The average Bonchev–Trinajstić information content (AvgIpc) is 1.98. The fourth-order valence-electron chi connectivity index (χ4n) is 3.10. The zero-order chi connectivity index (χ0) is 9.36. The van der Waals surface area contributed by atoms with Crippen LogP contribution < -0.4 is 5.73 Å². The van der Waals surface area contributed by atoms with E-state index in [1.807, 2.05) is 0 Å². The molecule has 1 heterocycles. The van der Waals surface area contributed by atoms with Gasteiger partial charge in [0, 0.05) is 5.41 Å². The molecule has 0 aromatic heterocycles. The molecule has 0 unspecified atom stereocenters. The molecule has 0 atom stereocenters. The Morgan fingerprint density at radius 1 is 1.23 bits per heavy atom. The SMILES string of the molecule is CCCC1(C2(CN)CCC2)COC1. The number of nitrogens with two attached hydrogens (primary N) is 1. The highest BCUT2D eigenvalue weighted by Crippen LogP contribution is 2.58. The normalized spacial score (nSPS) is 29.1. The van der Waals surface area contributed by atoms with Crippen LogP contribution in [0.15, 0.2) is 0 Å². The van der Waals surface area contributed by atoms with Crippen molar-refractivity contribution in [1.29, 1.82) is 0 Å². The van der Waals surface area contributed by atoms with Crippen LogP contribution in [-0.4, -0.2) is 19.8 Å². The molecule has 2 nitrogen and oxygen atoms in total. The molecule has 0 bridgehead atoms. The van der Waals surface area contributed by atoms with Crippen LogP contribution in [0.25, 0.3) is 0 Å². The highest BCUT2D eigenvalue weighted by Gasteiger charge is 2.57. The van der Waals surface area contributed by atoms with Gasteiger partial charge in [-0.25, -0.2) is 0 Å². The summed E-state index contributed by atoms with van der Waals surface area (Å²) in [7, 11) is 0.